The van der Waals surface area contributed by atoms with Crippen molar-refractivity contribution >= 4 is 17.9 Å². The molecule has 0 bridgehead atoms. The lowest BCUT2D eigenvalue weighted by molar-refractivity contribution is -0.167. The lowest BCUT2D eigenvalue weighted by atomic mass is 10.0. The van der Waals surface area contributed by atoms with Gasteiger partial charge in [0.2, 0.25) is 0 Å². The predicted molar refractivity (Wildman–Crippen MR) is 344 cm³/mol. The van der Waals surface area contributed by atoms with Gasteiger partial charge in [-0.2, -0.15) is 0 Å². The summed E-state index contributed by atoms with van der Waals surface area (Å²) in [5.41, 5.74) is 0. The summed E-state index contributed by atoms with van der Waals surface area (Å²) in [6, 6.07) is 0. The summed E-state index contributed by atoms with van der Waals surface area (Å²) < 4.78 is 16.9. The molecule has 0 radical (unpaired) electrons. The first kappa shape index (κ1) is 77.2. The lowest BCUT2D eigenvalue weighted by Gasteiger charge is -2.18. The fourth-order valence-electron chi connectivity index (χ4n) is 11.3. The Morgan fingerprint density at radius 1 is 0.241 bits per heavy atom. The minimum absolute atomic E-state index is 0.0661. The molecule has 0 aromatic carbocycles. The van der Waals surface area contributed by atoms with Crippen molar-refractivity contribution in [2.45, 2.75) is 425 Å². The first-order valence-corrected chi connectivity index (χ1v) is 36.2. The predicted octanol–water partition coefficient (Wildman–Crippen LogP) is 24.8. The van der Waals surface area contributed by atoms with E-state index in [1.54, 1.807) is 0 Å². The SMILES string of the molecule is CCC/C=C\CCCCCCCC(=O)OCC(COC(=O)CCCCCCCCCCCCCCCCCCCCCCCCCCCCCCCCCCC)OC(=O)CCCCCCCCCCCCCCCCCCCC. The molecule has 0 N–H and O–H groups in total. The van der Waals surface area contributed by atoms with E-state index >= 15 is 0 Å². The van der Waals surface area contributed by atoms with Crippen LogP contribution in [0.3, 0.4) is 0 Å². The van der Waals surface area contributed by atoms with Crippen LogP contribution in [0.4, 0.5) is 0 Å². The van der Waals surface area contributed by atoms with E-state index < -0.39 is 6.10 Å². The van der Waals surface area contributed by atoms with Gasteiger partial charge in [-0.25, -0.2) is 0 Å². The largest absolute Gasteiger partial charge is 0.462 e. The van der Waals surface area contributed by atoms with Gasteiger partial charge in [-0.05, 0) is 38.5 Å². The molecule has 1 unspecified atom stereocenters. The van der Waals surface area contributed by atoms with Crippen molar-refractivity contribution in [1.29, 1.82) is 0 Å². The van der Waals surface area contributed by atoms with Crippen molar-refractivity contribution in [3.63, 3.8) is 0 Å². The molecule has 0 rings (SSSR count). The van der Waals surface area contributed by atoms with Gasteiger partial charge in [0.05, 0.1) is 0 Å². The number of hydrogen-bond donors (Lipinski definition) is 0. The van der Waals surface area contributed by atoms with Gasteiger partial charge < -0.3 is 14.2 Å². The first-order valence-electron chi connectivity index (χ1n) is 36.2. The Kier molecular flexibility index (Phi) is 67.0. The van der Waals surface area contributed by atoms with Crippen molar-refractivity contribution in [1.82, 2.24) is 0 Å². The number of carbonyl (C=O) groups is 3. The monoisotopic (exact) mass is 1110 g/mol. The Balaban J connectivity index is 4.01. The van der Waals surface area contributed by atoms with Crippen molar-refractivity contribution in [2.75, 3.05) is 13.2 Å². The van der Waals surface area contributed by atoms with Crippen LogP contribution in [0.5, 0.6) is 0 Å². The molecule has 0 fully saturated rings. The van der Waals surface area contributed by atoms with E-state index in [2.05, 4.69) is 32.9 Å². The van der Waals surface area contributed by atoms with Gasteiger partial charge in [0, 0.05) is 19.3 Å². The fraction of sp³-hybridized carbons (Fsp3) is 0.932. The van der Waals surface area contributed by atoms with Crippen LogP contribution in [-0.2, 0) is 28.6 Å². The highest BCUT2D eigenvalue weighted by atomic mass is 16.6. The molecule has 0 aliphatic carbocycles. The van der Waals surface area contributed by atoms with Gasteiger partial charge in [-0.3, -0.25) is 14.4 Å². The minimum Gasteiger partial charge on any atom is -0.462 e. The Morgan fingerprint density at radius 2 is 0.443 bits per heavy atom. The van der Waals surface area contributed by atoms with Gasteiger partial charge in [-0.1, -0.05) is 373 Å². The maximum absolute atomic E-state index is 12.9. The smallest absolute Gasteiger partial charge is 0.306 e. The molecular formula is C73H140O6. The highest BCUT2D eigenvalue weighted by molar-refractivity contribution is 5.71. The van der Waals surface area contributed by atoms with E-state index in [9.17, 15) is 14.4 Å². The molecule has 1 atom stereocenters. The number of hydrogen-bond acceptors (Lipinski definition) is 6. The van der Waals surface area contributed by atoms with Crippen LogP contribution in [0.1, 0.15) is 419 Å². The minimum atomic E-state index is -0.769. The summed E-state index contributed by atoms with van der Waals surface area (Å²) in [6.07, 6.45) is 82.8. The third-order valence-electron chi connectivity index (χ3n) is 16.8. The number of carbonyl (C=O) groups excluding carboxylic acids is 3. The standard InChI is InChI=1S/C73H140O6/c1-4-7-10-13-16-19-22-24-26-28-30-31-32-33-34-35-36-37-38-39-40-41-42-43-44-46-47-49-51-54-57-60-63-66-72(75)78-69-70(68-77-71(74)65-62-59-56-53-21-18-15-12-9-6-3)79-73(76)67-64-61-58-55-52-50-48-45-29-27-25-23-20-17-14-11-8-5-2/h12,15,70H,4-11,13-14,16-69H2,1-3H3/b15-12-. The van der Waals surface area contributed by atoms with Crippen molar-refractivity contribution in [3.05, 3.63) is 12.2 Å². The van der Waals surface area contributed by atoms with Crippen LogP contribution in [0.25, 0.3) is 0 Å². The van der Waals surface area contributed by atoms with Crippen LogP contribution < -0.4 is 0 Å². The molecule has 468 valence electrons. The molecule has 79 heavy (non-hydrogen) atoms. The molecule has 0 aliphatic heterocycles. The molecular weight excluding hydrogens is 973 g/mol. The van der Waals surface area contributed by atoms with Crippen molar-refractivity contribution < 1.29 is 28.6 Å². The summed E-state index contributed by atoms with van der Waals surface area (Å²) in [5, 5.41) is 0. The van der Waals surface area contributed by atoms with Crippen molar-refractivity contribution in [2.24, 2.45) is 0 Å². The Morgan fingerprint density at radius 3 is 0.684 bits per heavy atom. The summed E-state index contributed by atoms with van der Waals surface area (Å²) in [6.45, 7) is 6.66. The number of unbranched alkanes of at least 4 members (excludes halogenated alkanes) is 55. The third-order valence-corrected chi connectivity index (χ3v) is 16.8. The van der Waals surface area contributed by atoms with E-state index in [0.29, 0.717) is 19.3 Å². The number of esters is 3. The second-order valence-electron chi connectivity index (χ2n) is 24.9. The molecule has 0 heterocycles. The molecule has 0 spiro atoms. The molecule has 0 aliphatic rings. The average molecular weight is 1110 g/mol. The molecule has 6 heteroatoms. The molecule has 0 aromatic heterocycles. The lowest BCUT2D eigenvalue weighted by Crippen LogP contribution is -2.30. The third kappa shape index (κ3) is 66.8. The zero-order valence-corrected chi connectivity index (χ0v) is 53.9. The molecule has 6 nitrogen and oxygen atoms in total. The summed E-state index contributed by atoms with van der Waals surface area (Å²) >= 11 is 0. The fourth-order valence-corrected chi connectivity index (χ4v) is 11.3. The van der Waals surface area contributed by atoms with Crippen LogP contribution in [0, 0.1) is 0 Å². The van der Waals surface area contributed by atoms with E-state index in [-0.39, 0.29) is 31.1 Å². The summed E-state index contributed by atoms with van der Waals surface area (Å²) in [4.78, 5) is 38.3. The van der Waals surface area contributed by atoms with E-state index in [1.807, 2.05) is 0 Å². The molecule has 0 aromatic rings. The molecule has 0 saturated heterocycles. The highest BCUT2D eigenvalue weighted by Gasteiger charge is 2.19. The van der Waals surface area contributed by atoms with Gasteiger partial charge in [0.1, 0.15) is 13.2 Å². The van der Waals surface area contributed by atoms with E-state index in [1.165, 1.54) is 308 Å². The Bertz CT molecular complexity index is 1230. The summed E-state index contributed by atoms with van der Waals surface area (Å²) in [7, 11) is 0. The van der Waals surface area contributed by atoms with Gasteiger partial charge >= 0.3 is 17.9 Å². The van der Waals surface area contributed by atoms with Crippen molar-refractivity contribution in [3.8, 4) is 0 Å². The molecule has 0 amide bonds. The maximum Gasteiger partial charge on any atom is 0.306 e. The average Bonchev–Trinajstić information content (AvgIpc) is 3.45. The zero-order valence-electron chi connectivity index (χ0n) is 53.9. The Labute approximate surface area is 494 Å². The van der Waals surface area contributed by atoms with E-state index in [0.717, 1.165) is 70.6 Å². The maximum atomic E-state index is 12.9. The number of rotatable bonds is 68. The quantitative estimate of drug-likeness (QED) is 0.0261. The zero-order chi connectivity index (χ0) is 57.1. The topological polar surface area (TPSA) is 78.9 Å². The van der Waals surface area contributed by atoms with Crippen LogP contribution in [0.2, 0.25) is 0 Å². The molecule has 0 saturated carbocycles. The normalized spacial score (nSPS) is 12.0. The second kappa shape index (κ2) is 68.6. The number of ether oxygens (including phenoxy) is 3. The van der Waals surface area contributed by atoms with Crippen LogP contribution in [0.15, 0.2) is 12.2 Å². The summed E-state index contributed by atoms with van der Waals surface area (Å²) in [5.74, 6) is -0.845. The highest BCUT2D eigenvalue weighted by Crippen LogP contribution is 2.20. The number of allylic oxidation sites excluding steroid dienone is 2. The van der Waals surface area contributed by atoms with E-state index in [4.69, 9.17) is 14.2 Å². The first-order chi connectivity index (χ1) is 39.0. The van der Waals surface area contributed by atoms with Gasteiger partial charge in [0.15, 0.2) is 6.10 Å². The van der Waals surface area contributed by atoms with Gasteiger partial charge in [-0.15, -0.1) is 0 Å². The van der Waals surface area contributed by atoms with Crippen LogP contribution in [-0.4, -0.2) is 37.2 Å². The van der Waals surface area contributed by atoms with Crippen LogP contribution >= 0.6 is 0 Å². The Hall–Kier alpha value is -1.85. The second-order valence-corrected chi connectivity index (χ2v) is 24.9. The van der Waals surface area contributed by atoms with Gasteiger partial charge in [0.25, 0.3) is 0 Å².